The van der Waals surface area contributed by atoms with Crippen LogP contribution in [0.15, 0.2) is 24.3 Å². The van der Waals surface area contributed by atoms with Crippen LogP contribution in [0.4, 0.5) is 0 Å². The molecule has 1 aromatic carbocycles. The number of benzene rings is 1. The van der Waals surface area contributed by atoms with Gasteiger partial charge in [0.05, 0.1) is 12.2 Å². The largest absolute Gasteiger partial charge is 0.462 e. The number of halogens is 1. The zero-order valence-electron chi connectivity index (χ0n) is 20.5. The van der Waals surface area contributed by atoms with Crippen molar-refractivity contribution in [2.75, 3.05) is 26.4 Å². The van der Waals surface area contributed by atoms with Gasteiger partial charge in [0.2, 0.25) is 0 Å². The maximum atomic E-state index is 12.9. The molecule has 0 saturated carbocycles. The van der Waals surface area contributed by atoms with Gasteiger partial charge in [0.15, 0.2) is 6.10 Å². The molecule has 0 spiro atoms. The third-order valence-electron chi connectivity index (χ3n) is 5.15. The highest BCUT2D eigenvalue weighted by atomic mass is 35.5. The Morgan fingerprint density at radius 1 is 1.03 bits per heavy atom. The summed E-state index contributed by atoms with van der Waals surface area (Å²) in [5.74, 6) is -0.658. The van der Waals surface area contributed by atoms with Gasteiger partial charge in [-0.05, 0) is 51.2 Å². The molecule has 2 unspecified atom stereocenters. The molecule has 2 atom stereocenters. The van der Waals surface area contributed by atoms with E-state index in [-0.39, 0.29) is 26.4 Å². The van der Waals surface area contributed by atoms with Gasteiger partial charge in [-0.25, -0.2) is 4.79 Å². The highest BCUT2D eigenvalue weighted by molar-refractivity contribution is 6.17. The molecule has 33 heavy (non-hydrogen) atoms. The minimum absolute atomic E-state index is 0.0498. The number of esters is 2. The number of carbonyl (C=O) groups is 2. The predicted molar refractivity (Wildman–Crippen MR) is 127 cm³/mol. The van der Waals surface area contributed by atoms with E-state index < -0.39 is 29.1 Å². The lowest BCUT2D eigenvalue weighted by atomic mass is 9.93. The van der Waals surface area contributed by atoms with E-state index in [1.807, 2.05) is 38.1 Å². The third-order valence-corrected chi connectivity index (χ3v) is 5.46. The molecular formula is C25H39ClO7. The van der Waals surface area contributed by atoms with Crippen LogP contribution in [0.2, 0.25) is 0 Å². The molecule has 0 bridgehead atoms. The molecule has 8 heteroatoms. The average molecular weight is 487 g/mol. The van der Waals surface area contributed by atoms with Crippen molar-refractivity contribution in [3.63, 3.8) is 0 Å². The van der Waals surface area contributed by atoms with Crippen molar-refractivity contribution in [1.82, 2.24) is 0 Å². The van der Waals surface area contributed by atoms with E-state index in [4.69, 9.17) is 30.5 Å². The second kappa shape index (κ2) is 14.6. The topological polar surface area (TPSA) is 91.3 Å². The van der Waals surface area contributed by atoms with Crippen LogP contribution in [0.5, 0.6) is 0 Å². The molecule has 1 N–H and O–H groups in total. The fraction of sp³-hybridized carbons (Fsp3) is 0.680. The Balaban J connectivity index is 2.79. The van der Waals surface area contributed by atoms with Gasteiger partial charge >= 0.3 is 11.9 Å². The average Bonchev–Trinajstić information content (AvgIpc) is 2.79. The maximum Gasteiger partial charge on any atom is 0.335 e. The minimum Gasteiger partial charge on any atom is -0.462 e. The molecule has 0 aliphatic rings. The third kappa shape index (κ3) is 10.4. The van der Waals surface area contributed by atoms with Crippen LogP contribution >= 0.6 is 11.6 Å². The lowest BCUT2D eigenvalue weighted by molar-refractivity contribution is -0.179. The van der Waals surface area contributed by atoms with Crippen LogP contribution < -0.4 is 0 Å². The van der Waals surface area contributed by atoms with Crippen molar-refractivity contribution in [2.45, 2.75) is 78.1 Å². The standard InChI is InChI=1S/C25H39ClO7/c1-6-14-30-17-25(5,23(29)31-16-20-10-8-19(15-26)9-11-20)18-32-22(28)21(7-2)33-24(3,4)12-13-27/h8-11,21,27H,6-7,12-18H2,1-5H3. The van der Waals surface area contributed by atoms with Crippen LogP contribution in [0.1, 0.15) is 65.0 Å². The molecule has 1 aromatic rings. The Morgan fingerprint density at radius 3 is 2.21 bits per heavy atom. The van der Waals surface area contributed by atoms with Crippen LogP contribution in [0.3, 0.4) is 0 Å². The zero-order chi connectivity index (χ0) is 24.9. The highest BCUT2D eigenvalue weighted by Gasteiger charge is 2.38. The first kappa shape index (κ1) is 29.4. The van der Waals surface area contributed by atoms with Crippen molar-refractivity contribution >= 4 is 23.5 Å². The van der Waals surface area contributed by atoms with Gasteiger partial charge < -0.3 is 24.1 Å². The van der Waals surface area contributed by atoms with Gasteiger partial charge in [0, 0.05) is 19.1 Å². The molecule has 188 valence electrons. The van der Waals surface area contributed by atoms with Crippen molar-refractivity contribution < 1.29 is 33.6 Å². The maximum absolute atomic E-state index is 12.9. The summed E-state index contributed by atoms with van der Waals surface area (Å²) in [4.78, 5) is 25.6. The summed E-state index contributed by atoms with van der Waals surface area (Å²) in [5, 5.41) is 9.19. The summed E-state index contributed by atoms with van der Waals surface area (Å²) in [7, 11) is 0. The molecular weight excluding hydrogens is 448 g/mol. The van der Waals surface area contributed by atoms with Crippen LogP contribution in [-0.4, -0.2) is 55.2 Å². The van der Waals surface area contributed by atoms with E-state index in [9.17, 15) is 14.7 Å². The van der Waals surface area contributed by atoms with Crippen LogP contribution in [0.25, 0.3) is 0 Å². The van der Waals surface area contributed by atoms with E-state index in [2.05, 4.69) is 0 Å². The van der Waals surface area contributed by atoms with Gasteiger partial charge in [0.1, 0.15) is 18.6 Å². The summed E-state index contributed by atoms with van der Waals surface area (Å²) in [6, 6.07) is 7.47. The highest BCUT2D eigenvalue weighted by Crippen LogP contribution is 2.24. The van der Waals surface area contributed by atoms with E-state index in [0.717, 1.165) is 17.5 Å². The Hall–Kier alpha value is -1.67. The van der Waals surface area contributed by atoms with E-state index in [0.29, 0.717) is 25.3 Å². The quantitative estimate of drug-likeness (QED) is 0.210. The molecule has 0 aromatic heterocycles. The molecule has 1 rings (SSSR count). The molecule has 0 fully saturated rings. The Morgan fingerprint density at radius 2 is 1.67 bits per heavy atom. The Bertz CT molecular complexity index is 720. The normalized spacial score (nSPS) is 14.4. The monoisotopic (exact) mass is 486 g/mol. The second-order valence-corrected chi connectivity index (χ2v) is 9.26. The fourth-order valence-electron chi connectivity index (χ4n) is 2.98. The molecule has 0 saturated heterocycles. The summed E-state index contributed by atoms with van der Waals surface area (Å²) >= 11 is 5.81. The number of carbonyl (C=O) groups excluding carboxylic acids is 2. The number of rotatable bonds is 16. The SMILES string of the molecule is CCCOCC(C)(COC(=O)C(CC)OC(C)(C)CCO)C(=O)OCc1ccc(CCl)cc1. The van der Waals surface area contributed by atoms with Gasteiger partial charge in [0.25, 0.3) is 0 Å². The van der Waals surface area contributed by atoms with Crippen molar-refractivity contribution in [3.05, 3.63) is 35.4 Å². The van der Waals surface area contributed by atoms with E-state index >= 15 is 0 Å². The summed E-state index contributed by atoms with van der Waals surface area (Å²) in [5.41, 5.74) is -0.0392. The molecule has 7 nitrogen and oxygen atoms in total. The predicted octanol–water partition coefficient (Wildman–Crippen LogP) is 4.40. The second-order valence-electron chi connectivity index (χ2n) is 9.00. The summed E-state index contributed by atoms with van der Waals surface area (Å²) in [6.45, 7) is 9.44. The fourth-order valence-corrected chi connectivity index (χ4v) is 3.16. The first-order chi connectivity index (χ1) is 15.6. The summed E-state index contributed by atoms with van der Waals surface area (Å²) in [6.07, 6.45) is 0.782. The number of alkyl halides is 1. The first-order valence-corrected chi connectivity index (χ1v) is 12.0. The molecule has 0 amide bonds. The minimum atomic E-state index is -1.17. The smallest absolute Gasteiger partial charge is 0.335 e. The number of hydrogen-bond acceptors (Lipinski definition) is 7. The number of aliphatic hydroxyl groups is 1. The first-order valence-electron chi connectivity index (χ1n) is 11.4. The van der Waals surface area contributed by atoms with Gasteiger partial charge in [-0.2, -0.15) is 0 Å². The zero-order valence-corrected chi connectivity index (χ0v) is 21.3. The van der Waals surface area contributed by atoms with E-state index in [1.165, 1.54) is 0 Å². The van der Waals surface area contributed by atoms with Crippen LogP contribution in [0, 0.1) is 5.41 Å². The van der Waals surface area contributed by atoms with Crippen LogP contribution in [-0.2, 0) is 41.0 Å². The van der Waals surface area contributed by atoms with Crippen molar-refractivity contribution in [3.8, 4) is 0 Å². The van der Waals surface area contributed by atoms with E-state index in [1.54, 1.807) is 20.8 Å². The van der Waals surface area contributed by atoms with Gasteiger partial charge in [-0.15, -0.1) is 11.6 Å². The van der Waals surface area contributed by atoms with Crippen molar-refractivity contribution in [1.29, 1.82) is 0 Å². The molecule has 0 aliphatic heterocycles. The lowest BCUT2D eigenvalue weighted by Crippen LogP contribution is -2.42. The number of aliphatic hydroxyl groups excluding tert-OH is 1. The Kier molecular flexibility index (Phi) is 13.0. The lowest BCUT2D eigenvalue weighted by Gasteiger charge is -2.30. The number of ether oxygens (including phenoxy) is 4. The molecule has 0 heterocycles. The molecule has 0 aliphatic carbocycles. The van der Waals surface area contributed by atoms with Gasteiger partial charge in [-0.3, -0.25) is 4.79 Å². The Labute approximate surface area is 202 Å². The van der Waals surface area contributed by atoms with Crippen molar-refractivity contribution in [2.24, 2.45) is 5.41 Å². The van der Waals surface area contributed by atoms with Gasteiger partial charge in [-0.1, -0.05) is 38.1 Å². The molecule has 0 radical (unpaired) electrons. The number of hydrogen-bond donors (Lipinski definition) is 1. The summed E-state index contributed by atoms with van der Waals surface area (Å²) < 4.78 is 22.5.